The average molecular weight is 307 g/mol. The number of aromatic nitrogens is 3. The molecule has 0 aliphatic rings. The zero-order chi connectivity index (χ0) is 15.9. The molecule has 7 nitrogen and oxygen atoms in total. The maximum atomic E-state index is 12.1. The lowest BCUT2D eigenvalue weighted by molar-refractivity contribution is 0.192. The molecule has 0 aliphatic carbocycles. The Bertz CT molecular complexity index is 607. The normalized spacial score (nSPS) is 10.2. The lowest BCUT2D eigenvalue weighted by atomic mass is 10.3. The molecule has 0 saturated heterocycles. The standard InChI is InChI=1S/C14H18FN5O2/c1-4-21-14-18-12(17-13(19-14)20(2)3)16-10-5-7-11(8-6-10)22-9-15/h5-8H,4,9H2,1-3H3,(H,16,17,18,19). The van der Waals surface area contributed by atoms with Crippen molar-refractivity contribution in [1.29, 1.82) is 0 Å². The first-order valence-electron chi connectivity index (χ1n) is 6.74. The van der Waals surface area contributed by atoms with Crippen molar-refractivity contribution in [2.75, 3.05) is 37.8 Å². The van der Waals surface area contributed by atoms with E-state index < -0.39 is 6.86 Å². The van der Waals surface area contributed by atoms with Gasteiger partial charge in [0.15, 0.2) is 0 Å². The summed E-state index contributed by atoms with van der Waals surface area (Å²) in [6, 6.07) is 7.04. The van der Waals surface area contributed by atoms with Gasteiger partial charge in [0.1, 0.15) is 5.75 Å². The third-order valence-corrected chi connectivity index (χ3v) is 2.61. The van der Waals surface area contributed by atoms with Crippen molar-refractivity contribution in [2.45, 2.75) is 6.92 Å². The molecule has 1 N–H and O–H groups in total. The molecule has 0 amide bonds. The van der Waals surface area contributed by atoms with E-state index >= 15 is 0 Å². The fourth-order valence-electron chi connectivity index (χ4n) is 1.62. The van der Waals surface area contributed by atoms with E-state index in [0.717, 1.165) is 5.69 Å². The molecule has 0 fully saturated rings. The number of benzene rings is 1. The zero-order valence-electron chi connectivity index (χ0n) is 12.7. The van der Waals surface area contributed by atoms with Crippen LogP contribution in [0, 0.1) is 0 Å². The van der Waals surface area contributed by atoms with E-state index in [2.05, 4.69) is 20.3 Å². The second-order valence-electron chi connectivity index (χ2n) is 4.47. The average Bonchev–Trinajstić information content (AvgIpc) is 2.49. The van der Waals surface area contributed by atoms with E-state index in [-0.39, 0.29) is 6.01 Å². The first-order chi connectivity index (χ1) is 10.6. The van der Waals surface area contributed by atoms with Crippen LogP contribution in [0.3, 0.4) is 0 Å². The third-order valence-electron chi connectivity index (χ3n) is 2.61. The third kappa shape index (κ3) is 4.18. The van der Waals surface area contributed by atoms with Crippen molar-refractivity contribution in [1.82, 2.24) is 15.0 Å². The van der Waals surface area contributed by atoms with Crippen LogP contribution in [0.4, 0.5) is 22.0 Å². The molecule has 0 aliphatic heterocycles. The molecule has 0 saturated carbocycles. The van der Waals surface area contributed by atoms with Gasteiger partial charge >= 0.3 is 6.01 Å². The van der Waals surface area contributed by atoms with E-state index in [4.69, 9.17) is 9.47 Å². The van der Waals surface area contributed by atoms with Gasteiger partial charge in [0, 0.05) is 19.8 Å². The molecule has 118 valence electrons. The van der Waals surface area contributed by atoms with E-state index in [0.29, 0.717) is 24.3 Å². The van der Waals surface area contributed by atoms with E-state index in [1.807, 2.05) is 21.0 Å². The van der Waals surface area contributed by atoms with Gasteiger partial charge in [-0.3, -0.25) is 0 Å². The summed E-state index contributed by atoms with van der Waals surface area (Å²) in [7, 11) is 3.66. The number of ether oxygens (including phenoxy) is 2. The molecule has 22 heavy (non-hydrogen) atoms. The van der Waals surface area contributed by atoms with Gasteiger partial charge in [-0.1, -0.05) is 0 Å². The zero-order valence-corrected chi connectivity index (χ0v) is 12.7. The molecule has 1 heterocycles. The van der Waals surface area contributed by atoms with E-state index in [1.54, 1.807) is 29.2 Å². The lowest BCUT2D eigenvalue weighted by Crippen LogP contribution is -2.15. The van der Waals surface area contributed by atoms with Crippen LogP contribution in [-0.4, -0.2) is 42.5 Å². The molecule has 2 aromatic rings. The largest absolute Gasteiger partial charge is 0.464 e. The molecule has 2 rings (SSSR count). The highest BCUT2D eigenvalue weighted by atomic mass is 19.1. The number of hydrogen-bond donors (Lipinski definition) is 1. The monoisotopic (exact) mass is 307 g/mol. The summed E-state index contributed by atoms with van der Waals surface area (Å²) in [5.41, 5.74) is 0.740. The first-order valence-corrected chi connectivity index (χ1v) is 6.74. The Balaban J connectivity index is 2.20. The Morgan fingerprint density at radius 1 is 1.09 bits per heavy atom. The Morgan fingerprint density at radius 2 is 1.82 bits per heavy atom. The van der Waals surface area contributed by atoms with Gasteiger partial charge in [0.25, 0.3) is 0 Å². The van der Waals surface area contributed by atoms with Crippen molar-refractivity contribution in [3.05, 3.63) is 24.3 Å². The summed E-state index contributed by atoms with van der Waals surface area (Å²) in [5, 5.41) is 3.05. The number of hydrogen-bond acceptors (Lipinski definition) is 7. The van der Waals surface area contributed by atoms with Crippen molar-refractivity contribution in [2.24, 2.45) is 0 Å². The van der Waals surface area contributed by atoms with Gasteiger partial charge in [0.05, 0.1) is 6.61 Å². The highest BCUT2D eigenvalue weighted by Crippen LogP contribution is 2.20. The number of nitrogens with one attached hydrogen (secondary N) is 1. The second kappa shape index (κ2) is 7.39. The summed E-state index contributed by atoms with van der Waals surface area (Å²) in [6.45, 7) is 1.46. The predicted octanol–water partition coefficient (Wildman–Crippen LogP) is 2.39. The highest BCUT2D eigenvalue weighted by molar-refractivity contribution is 5.55. The molecule has 0 bridgehead atoms. The summed E-state index contributed by atoms with van der Waals surface area (Å²) < 4.78 is 22.2. The number of rotatable bonds is 7. The van der Waals surface area contributed by atoms with Gasteiger partial charge in [-0.2, -0.15) is 15.0 Å². The van der Waals surface area contributed by atoms with Crippen LogP contribution in [0.25, 0.3) is 0 Å². The smallest absolute Gasteiger partial charge is 0.323 e. The summed E-state index contributed by atoms with van der Waals surface area (Å²) >= 11 is 0. The van der Waals surface area contributed by atoms with Crippen molar-refractivity contribution < 1.29 is 13.9 Å². The van der Waals surface area contributed by atoms with Crippen LogP contribution in [0.2, 0.25) is 0 Å². The van der Waals surface area contributed by atoms with Gasteiger partial charge in [-0.25, -0.2) is 4.39 Å². The van der Waals surface area contributed by atoms with E-state index in [1.165, 1.54) is 0 Å². The van der Waals surface area contributed by atoms with E-state index in [9.17, 15) is 4.39 Å². The summed E-state index contributed by atoms with van der Waals surface area (Å²) in [4.78, 5) is 14.4. The molecule has 0 unspecified atom stereocenters. The number of alkyl halides is 1. The molecule has 8 heteroatoms. The Labute approximate surface area is 128 Å². The van der Waals surface area contributed by atoms with Gasteiger partial charge in [-0.15, -0.1) is 0 Å². The first kappa shape index (κ1) is 15.7. The molecule has 0 atom stereocenters. The minimum Gasteiger partial charge on any atom is -0.464 e. The van der Waals surface area contributed by atoms with Gasteiger partial charge in [-0.05, 0) is 31.2 Å². The molecular weight excluding hydrogens is 289 g/mol. The SMILES string of the molecule is CCOc1nc(Nc2ccc(OCF)cc2)nc(N(C)C)n1. The number of halogens is 1. The predicted molar refractivity (Wildman–Crippen MR) is 81.7 cm³/mol. The van der Waals surface area contributed by atoms with Crippen LogP contribution in [0.1, 0.15) is 6.92 Å². The van der Waals surface area contributed by atoms with Crippen LogP contribution < -0.4 is 19.7 Å². The number of nitrogens with zero attached hydrogens (tertiary/aromatic N) is 4. The molecule has 0 radical (unpaired) electrons. The molecule has 1 aromatic carbocycles. The van der Waals surface area contributed by atoms with Crippen LogP contribution in [0.5, 0.6) is 11.8 Å². The van der Waals surface area contributed by atoms with Crippen LogP contribution in [-0.2, 0) is 0 Å². The van der Waals surface area contributed by atoms with Crippen molar-refractivity contribution >= 4 is 17.6 Å². The van der Waals surface area contributed by atoms with Gasteiger partial charge < -0.3 is 19.7 Å². The quantitative estimate of drug-likeness (QED) is 0.842. The minimum atomic E-state index is -0.857. The lowest BCUT2D eigenvalue weighted by Gasteiger charge is -2.13. The maximum Gasteiger partial charge on any atom is 0.323 e. The van der Waals surface area contributed by atoms with Gasteiger partial charge in [0.2, 0.25) is 18.8 Å². The Morgan fingerprint density at radius 3 is 2.41 bits per heavy atom. The van der Waals surface area contributed by atoms with Crippen molar-refractivity contribution in [3.8, 4) is 11.8 Å². The fourth-order valence-corrected chi connectivity index (χ4v) is 1.62. The van der Waals surface area contributed by atoms with Crippen LogP contribution in [0.15, 0.2) is 24.3 Å². The van der Waals surface area contributed by atoms with Crippen molar-refractivity contribution in [3.63, 3.8) is 0 Å². The molecule has 0 spiro atoms. The van der Waals surface area contributed by atoms with Crippen LogP contribution >= 0.6 is 0 Å². The maximum absolute atomic E-state index is 12.1. The summed E-state index contributed by atoms with van der Waals surface area (Å²) in [6.07, 6.45) is 0. The Hall–Kier alpha value is -2.64. The highest BCUT2D eigenvalue weighted by Gasteiger charge is 2.09. The number of anilines is 3. The topological polar surface area (TPSA) is 72.4 Å². The summed E-state index contributed by atoms with van der Waals surface area (Å²) in [5.74, 6) is 1.30. The minimum absolute atomic E-state index is 0.251. The molecule has 1 aromatic heterocycles. The molecular formula is C14H18FN5O2. The Kier molecular flexibility index (Phi) is 5.29. The fraction of sp³-hybridized carbons (Fsp3) is 0.357. The second-order valence-corrected chi connectivity index (χ2v) is 4.47.